The molecule has 4 nitrogen and oxygen atoms in total. The normalized spacial score (nSPS) is 14.9. The van der Waals surface area contributed by atoms with E-state index in [0.29, 0.717) is 16.9 Å². The van der Waals surface area contributed by atoms with Crippen LogP contribution in [0, 0.1) is 11.3 Å². The summed E-state index contributed by atoms with van der Waals surface area (Å²) in [5.41, 5.74) is 3.70. The lowest BCUT2D eigenvalue weighted by atomic mass is 9.84. The number of nitriles is 1. The second kappa shape index (κ2) is 6.52. The van der Waals surface area contributed by atoms with Crippen molar-refractivity contribution < 1.29 is 9.53 Å². The van der Waals surface area contributed by atoms with E-state index < -0.39 is 0 Å². The van der Waals surface area contributed by atoms with Gasteiger partial charge in [-0.2, -0.15) is 5.26 Å². The lowest BCUT2D eigenvalue weighted by Crippen LogP contribution is -2.30. The third-order valence-electron chi connectivity index (χ3n) is 4.34. The summed E-state index contributed by atoms with van der Waals surface area (Å²) in [6.45, 7) is 4.09. The maximum Gasteiger partial charge on any atom is 0.172 e. The first-order chi connectivity index (χ1) is 11.9. The highest BCUT2D eigenvalue weighted by atomic mass is 16.5. The quantitative estimate of drug-likeness (QED) is 0.796. The lowest BCUT2D eigenvalue weighted by Gasteiger charge is -2.29. The molecular formula is C21H20N2O2. The number of carbonyl (C=O) groups is 1. The van der Waals surface area contributed by atoms with Gasteiger partial charge in [0, 0.05) is 0 Å². The molecule has 4 heteroatoms. The molecule has 126 valence electrons. The molecule has 1 aliphatic rings. The Bertz CT molecular complexity index is 904. The van der Waals surface area contributed by atoms with E-state index in [4.69, 9.17) is 15.0 Å². The topological polar surface area (TPSA) is 62.4 Å². The van der Waals surface area contributed by atoms with Crippen LogP contribution in [-0.4, -0.2) is 24.1 Å². The first-order valence-corrected chi connectivity index (χ1v) is 8.22. The summed E-state index contributed by atoms with van der Waals surface area (Å²) in [5.74, 6) is 0.549. The van der Waals surface area contributed by atoms with Crippen molar-refractivity contribution >= 4 is 11.5 Å². The van der Waals surface area contributed by atoms with Crippen LogP contribution in [0.15, 0.2) is 47.5 Å². The second-order valence-corrected chi connectivity index (χ2v) is 6.83. The first-order valence-electron chi connectivity index (χ1n) is 8.22. The summed E-state index contributed by atoms with van der Waals surface area (Å²) in [6.07, 6.45) is 0.965. The molecule has 1 aliphatic heterocycles. The number of para-hydroxylation sites is 1. The number of carbonyl (C=O) groups excluding carboxylic acids is 1. The van der Waals surface area contributed by atoms with Crippen molar-refractivity contribution in [3.05, 3.63) is 64.7 Å². The monoisotopic (exact) mass is 332 g/mol. The largest absolute Gasteiger partial charge is 0.496 e. The van der Waals surface area contributed by atoms with E-state index in [1.54, 1.807) is 25.3 Å². The number of ether oxygens (including phenoxy) is 1. The average Bonchev–Trinajstić information content (AvgIpc) is 2.60. The number of ketones is 1. The number of aliphatic imine (C=N–C) groups is 1. The molecule has 2 aromatic rings. The summed E-state index contributed by atoms with van der Waals surface area (Å²) < 4.78 is 5.30. The Balaban J connectivity index is 1.98. The zero-order valence-electron chi connectivity index (χ0n) is 14.7. The van der Waals surface area contributed by atoms with E-state index >= 15 is 0 Å². The van der Waals surface area contributed by atoms with Gasteiger partial charge < -0.3 is 4.74 Å². The Morgan fingerprint density at radius 2 is 2.04 bits per heavy atom. The molecule has 0 saturated heterocycles. The minimum atomic E-state index is -0.294. The van der Waals surface area contributed by atoms with Crippen LogP contribution < -0.4 is 4.74 Å². The Morgan fingerprint density at radius 3 is 2.76 bits per heavy atom. The van der Waals surface area contributed by atoms with E-state index in [1.165, 1.54) is 0 Å². The minimum absolute atomic E-state index is 0.0239. The predicted molar refractivity (Wildman–Crippen MR) is 97.4 cm³/mol. The maximum atomic E-state index is 12.8. The standard InChI is InChI=1S/C21H20N2O2/c1-21(2)12-15-10-14(13-22)8-9-16(15)18(23-21)11-19(24)17-6-4-5-7-20(17)25-3/h4-10H,11-12H2,1-3H3. The van der Waals surface area contributed by atoms with Crippen LogP contribution in [0.3, 0.4) is 0 Å². The molecule has 0 fully saturated rings. The second-order valence-electron chi connectivity index (χ2n) is 6.83. The van der Waals surface area contributed by atoms with Gasteiger partial charge in [0.1, 0.15) is 5.75 Å². The fraction of sp³-hybridized carbons (Fsp3) is 0.286. The predicted octanol–water partition coefficient (Wildman–Crippen LogP) is 3.96. The van der Waals surface area contributed by atoms with Crippen LogP contribution in [0.5, 0.6) is 5.75 Å². The Kier molecular flexibility index (Phi) is 4.41. The number of methoxy groups -OCH3 is 1. The van der Waals surface area contributed by atoms with Crippen LogP contribution in [-0.2, 0) is 6.42 Å². The van der Waals surface area contributed by atoms with E-state index in [0.717, 1.165) is 23.3 Å². The van der Waals surface area contributed by atoms with Gasteiger partial charge in [0.15, 0.2) is 5.78 Å². The van der Waals surface area contributed by atoms with Crippen molar-refractivity contribution in [2.24, 2.45) is 4.99 Å². The van der Waals surface area contributed by atoms with Crippen molar-refractivity contribution in [1.29, 1.82) is 5.26 Å². The fourth-order valence-electron chi connectivity index (χ4n) is 3.28. The van der Waals surface area contributed by atoms with Gasteiger partial charge >= 0.3 is 0 Å². The Morgan fingerprint density at radius 1 is 1.28 bits per heavy atom. The molecule has 2 aromatic carbocycles. The lowest BCUT2D eigenvalue weighted by molar-refractivity contribution is 0.0997. The van der Waals surface area contributed by atoms with Crippen molar-refractivity contribution in [1.82, 2.24) is 0 Å². The van der Waals surface area contributed by atoms with Crippen molar-refractivity contribution in [3.63, 3.8) is 0 Å². The van der Waals surface area contributed by atoms with Crippen LogP contribution in [0.4, 0.5) is 0 Å². The first kappa shape index (κ1) is 16.9. The zero-order chi connectivity index (χ0) is 18.0. The molecule has 3 rings (SSSR count). The molecule has 0 unspecified atom stereocenters. The number of benzene rings is 2. The number of rotatable bonds is 4. The molecule has 25 heavy (non-hydrogen) atoms. The third kappa shape index (κ3) is 3.46. The number of Topliss-reactive ketones (excluding diaryl/α,β-unsaturated/α-hetero) is 1. The summed E-state index contributed by atoms with van der Waals surface area (Å²) >= 11 is 0. The zero-order valence-corrected chi connectivity index (χ0v) is 14.7. The van der Waals surface area contributed by atoms with E-state index in [9.17, 15) is 4.79 Å². The number of fused-ring (bicyclic) bond motifs is 1. The van der Waals surface area contributed by atoms with Crippen LogP contribution >= 0.6 is 0 Å². The SMILES string of the molecule is COc1ccccc1C(=O)CC1=NC(C)(C)Cc2cc(C#N)ccc21. The Hall–Kier alpha value is -2.93. The van der Waals surface area contributed by atoms with Crippen molar-refractivity contribution in [2.45, 2.75) is 32.2 Å². The van der Waals surface area contributed by atoms with Gasteiger partial charge in [0.25, 0.3) is 0 Å². The van der Waals surface area contributed by atoms with Gasteiger partial charge in [0.05, 0.1) is 42.0 Å². The van der Waals surface area contributed by atoms with Gasteiger partial charge in [-0.3, -0.25) is 9.79 Å². The molecular weight excluding hydrogens is 312 g/mol. The number of hydrogen-bond donors (Lipinski definition) is 0. The fourth-order valence-corrected chi connectivity index (χ4v) is 3.28. The summed E-state index contributed by atoms with van der Waals surface area (Å²) in [6, 6.07) is 15.0. The average molecular weight is 332 g/mol. The smallest absolute Gasteiger partial charge is 0.172 e. The van der Waals surface area contributed by atoms with Crippen LogP contribution in [0.2, 0.25) is 0 Å². The summed E-state index contributed by atoms with van der Waals surface area (Å²) in [7, 11) is 1.56. The van der Waals surface area contributed by atoms with E-state index in [2.05, 4.69) is 6.07 Å². The van der Waals surface area contributed by atoms with Crippen molar-refractivity contribution in [2.75, 3.05) is 7.11 Å². The van der Waals surface area contributed by atoms with Crippen LogP contribution in [0.25, 0.3) is 0 Å². The molecule has 0 amide bonds. The van der Waals surface area contributed by atoms with Gasteiger partial charge in [0.2, 0.25) is 0 Å². The molecule has 0 radical (unpaired) electrons. The van der Waals surface area contributed by atoms with E-state index in [-0.39, 0.29) is 17.7 Å². The molecule has 0 spiro atoms. The van der Waals surface area contributed by atoms with Crippen LogP contribution in [0.1, 0.15) is 47.3 Å². The minimum Gasteiger partial charge on any atom is -0.496 e. The van der Waals surface area contributed by atoms with Gasteiger partial charge in [-0.1, -0.05) is 18.2 Å². The van der Waals surface area contributed by atoms with Gasteiger partial charge in [-0.25, -0.2) is 0 Å². The Labute approximate surface area is 147 Å². The number of hydrogen-bond acceptors (Lipinski definition) is 4. The molecule has 0 atom stereocenters. The van der Waals surface area contributed by atoms with E-state index in [1.807, 2.05) is 38.1 Å². The molecule has 0 N–H and O–H groups in total. The molecule has 0 bridgehead atoms. The van der Waals surface area contributed by atoms with Gasteiger partial charge in [-0.05, 0) is 55.7 Å². The summed E-state index contributed by atoms with van der Waals surface area (Å²) in [5, 5.41) is 9.14. The van der Waals surface area contributed by atoms with Crippen molar-refractivity contribution in [3.8, 4) is 11.8 Å². The molecule has 0 aliphatic carbocycles. The molecule has 0 saturated carbocycles. The highest BCUT2D eigenvalue weighted by molar-refractivity contribution is 6.17. The highest BCUT2D eigenvalue weighted by Gasteiger charge is 2.28. The maximum absolute atomic E-state index is 12.8. The summed E-state index contributed by atoms with van der Waals surface area (Å²) in [4.78, 5) is 17.6. The third-order valence-corrected chi connectivity index (χ3v) is 4.34. The number of nitrogens with zero attached hydrogens (tertiary/aromatic N) is 2. The molecule has 1 heterocycles. The molecule has 0 aromatic heterocycles. The van der Waals surface area contributed by atoms with Gasteiger partial charge in [-0.15, -0.1) is 0 Å². The highest BCUT2D eigenvalue weighted by Crippen LogP contribution is 2.30.